The van der Waals surface area contributed by atoms with Crippen molar-refractivity contribution in [2.45, 2.75) is 6.92 Å². The van der Waals surface area contributed by atoms with Gasteiger partial charge in [0, 0.05) is 12.4 Å². The molecule has 0 N–H and O–H groups in total. The molecule has 0 saturated heterocycles. The molecule has 1 aromatic heterocycles. The van der Waals surface area contributed by atoms with Gasteiger partial charge in [0.15, 0.2) is 6.29 Å². The number of hydrogen-bond acceptors (Lipinski definition) is 2. The van der Waals surface area contributed by atoms with Crippen LogP contribution in [-0.2, 0) is 7.05 Å². The fourth-order valence-electron chi connectivity index (χ4n) is 1.56. The van der Waals surface area contributed by atoms with Gasteiger partial charge in [-0.15, -0.1) is 0 Å². The number of aromatic nitrogens is 2. The Labute approximate surface area is 80.1 Å². The lowest BCUT2D eigenvalue weighted by atomic mass is 10.1. The highest BCUT2D eigenvalue weighted by Gasteiger charge is 2.09. The van der Waals surface area contributed by atoms with Gasteiger partial charge in [0.25, 0.3) is 0 Å². The second-order valence-electron chi connectivity index (χ2n) is 3.22. The molecular weight excluding hydrogens is 183 g/mol. The fourth-order valence-corrected chi connectivity index (χ4v) is 1.56. The van der Waals surface area contributed by atoms with Crippen LogP contribution in [0, 0.1) is 12.7 Å². The Bertz CT molecular complexity index is 516. The van der Waals surface area contributed by atoms with E-state index in [1.165, 1.54) is 12.1 Å². The molecule has 0 bridgehead atoms. The van der Waals surface area contributed by atoms with Crippen LogP contribution >= 0.6 is 0 Å². The monoisotopic (exact) mass is 192 g/mol. The molecule has 0 aliphatic carbocycles. The average Bonchev–Trinajstić information content (AvgIpc) is 2.41. The molecule has 1 aromatic carbocycles. The molecule has 1 heterocycles. The standard InChI is InChI=1S/C10H9FN2O/c1-6-8-4-9(11)7(5-14)3-10(8)13(2)12-6/h3-5H,1-2H3. The SMILES string of the molecule is Cc1nn(C)c2cc(C=O)c(F)cc12. The number of aldehydes is 1. The Morgan fingerprint density at radius 3 is 2.86 bits per heavy atom. The Balaban J connectivity index is 2.88. The second kappa shape index (κ2) is 2.90. The van der Waals surface area contributed by atoms with Crippen LogP contribution in [0.4, 0.5) is 4.39 Å². The van der Waals surface area contributed by atoms with Gasteiger partial charge in [-0.3, -0.25) is 9.48 Å². The van der Waals surface area contributed by atoms with Gasteiger partial charge in [-0.2, -0.15) is 5.10 Å². The molecule has 4 heteroatoms. The van der Waals surface area contributed by atoms with Crippen LogP contribution in [0.5, 0.6) is 0 Å². The zero-order chi connectivity index (χ0) is 10.3. The third-order valence-electron chi connectivity index (χ3n) is 2.28. The van der Waals surface area contributed by atoms with Crippen molar-refractivity contribution in [3.63, 3.8) is 0 Å². The number of fused-ring (bicyclic) bond motifs is 1. The summed E-state index contributed by atoms with van der Waals surface area (Å²) in [6.07, 6.45) is 0.511. The summed E-state index contributed by atoms with van der Waals surface area (Å²) in [6.45, 7) is 1.81. The molecule has 72 valence electrons. The molecule has 2 aromatic rings. The largest absolute Gasteiger partial charge is 0.298 e. The lowest BCUT2D eigenvalue weighted by molar-refractivity contribution is 0.112. The molecule has 0 fully saturated rings. The molecule has 0 aliphatic heterocycles. The van der Waals surface area contributed by atoms with Crippen molar-refractivity contribution in [2.75, 3.05) is 0 Å². The highest BCUT2D eigenvalue weighted by molar-refractivity contribution is 5.88. The van der Waals surface area contributed by atoms with Gasteiger partial charge in [-0.25, -0.2) is 4.39 Å². The zero-order valence-electron chi connectivity index (χ0n) is 7.91. The van der Waals surface area contributed by atoms with Crippen molar-refractivity contribution in [1.29, 1.82) is 0 Å². The van der Waals surface area contributed by atoms with Crippen LogP contribution in [0.2, 0.25) is 0 Å². The van der Waals surface area contributed by atoms with Crippen LogP contribution in [-0.4, -0.2) is 16.1 Å². The first kappa shape index (κ1) is 8.87. The minimum atomic E-state index is -0.497. The van der Waals surface area contributed by atoms with Crippen molar-refractivity contribution in [1.82, 2.24) is 9.78 Å². The van der Waals surface area contributed by atoms with Gasteiger partial charge in [-0.1, -0.05) is 0 Å². The molecule has 0 radical (unpaired) electrons. The number of benzene rings is 1. The van der Waals surface area contributed by atoms with E-state index in [9.17, 15) is 9.18 Å². The second-order valence-corrected chi connectivity index (χ2v) is 3.22. The summed E-state index contributed by atoms with van der Waals surface area (Å²) in [5, 5.41) is 4.89. The number of aryl methyl sites for hydroxylation is 2. The summed E-state index contributed by atoms with van der Waals surface area (Å²) >= 11 is 0. The van der Waals surface area contributed by atoms with E-state index in [2.05, 4.69) is 5.10 Å². The first-order valence-electron chi connectivity index (χ1n) is 4.21. The number of halogens is 1. The first-order valence-corrected chi connectivity index (χ1v) is 4.21. The van der Waals surface area contributed by atoms with Crippen molar-refractivity contribution in [3.8, 4) is 0 Å². The van der Waals surface area contributed by atoms with Crippen LogP contribution in [0.3, 0.4) is 0 Å². The smallest absolute Gasteiger partial charge is 0.153 e. The maximum atomic E-state index is 13.2. The Morgan fingerprint density at radius 2 is 2.21 bits per heavy atom. The van der Waals surface area contributed by atoms with Crippen molar-refractivity contribution < 1.29 is 9.18 Å². The molecule has 3 nitrogen and oxygen atoms in total. The number of nitrogens with zero attached hydrogens (tertiary/aromatic N) is 2. The number of carbonyl (C=O) groups is 1. The van der Waals surface area contributed by atoms with Crippen molar-refractivity contribution >= 4 is 17.2 Å². The van der Waals surface area contributed by atoms with Crippen molar-refractivity contribution in [3.05, 3.63) is 29.2 Å². The van der Waals surface area contributed by atoms with E-state index in [1.54, 1.807) is 11.7 Å². The summed E-state index contributed by atoms with van der Waals surface area (Å²) in [4.78, 5) is 10.5. The van der Waals surface area contributed by atoms with Crippen LogP contribution in [0.25, 0.3) is 10.9 Å². The molecular formula is C10H9FN2O. The van der Waals surface area contributed by atoms with Crippen LogP contribution < -0.4 is 0 Å². The predicted molar refractivity (Wildman–Crippen MR) is 50.8 cm³/mol. The molecule has 0 saturated carbocycles. The topological polar surface area (TPSA) is 34.9 Å². The first-order chi connectivity index (χ1) is 6.63. The van der Waals surface area contributed by atoms with Crippen molar-refractivity contribution in [2.24, 2.45) is 7.05 Å². The van der Waals surface area contributed by atoms with Gasteiger partial charge < -0.3 is 0 Å². The third-order valence-corrected chi connectivity index (χ3v) is 2.28. The van der Waals surface area contributed by atoms with E-state index < -0.39 is 5.82 Å². The Morgan fingerprint density at radius 1 is 1.50 bits per heavy atom. The molecule has 2 rings (SSSR count). The number of hydrogen-bond donors (Lipinski definition) is 0. The zero-order valence-corrected chi connectivity index (χ0v) is 7.91. The summed E-state index contributed by atoms with van der Waals surface area (Å²) in [6, 6.07) is 2.86. The Kier molecular flexibility index (Phi) is 1.84. The number of rotatable bonds is 1. The minimum absolute atomic E-state index is 0.0699. The molecule has 0 spiro atoms. The highest BCUT2D eigenvalue weighted by atomic mass is 19.1. The minimum Gasteiger partial charge on any atom is -0.298 e. The van der Waals surface area contributed by atoms with E-state index in [0.717, 1.165) is 16.6 Å². The predicted octanol–water partition coefficient (Wildman–Crippen LogP) is 1.83. The summed E-state index contributed by atoms with van der Waals surface area (Å²) in [7, 11) is 1.77. The Hall–Kier alpha value is -1.71. The quantitative estimate of drug-likeness (QED) is 0.646. The van der Waals surface area contributed by atoms with Crippen LogP contribution in [0.1, 0.15) is 16.1 Å². The van der Waals surface area contributed by atoms with E-state index in [1.807, 2.05) is 6.92 Å². The molecule has 14 heavy (non-hydrogen) atoms. The van der Waals surface area contributed by atoms with Gasteiger partial charge >= 0.3 is 0 Å². The lowest BCUT2D eigenvalue weighted by Crippen LogP contribution is -1.92. The van der Waals surface area contributed by atoms with E-state index >= 15 is 0 Å². The van der Waals surface area contributed by atoms with E-state index in [4.69, 9.17) is 0 Å². The normalized spacial score (nSPS) is 10.8. The van der Waals surface area contributed by atoms with E-state index in [0.29, 0.717) is 6.29 Å². The molecule has 0 aliphatic rings. The van der Waals surface area contributed by atoms with E-state index in [-0.39, 0.29) is 5.56 Å². The average molecular weight is 192 g/mol. The lowest BCUT2D eigenvalue weighted by Gasteiger charge is -1.97. The molecule has 0 amide bonds. The maximum Gasteiger partial charge on any atom is 0.153 e. The summed E-state index contributed by atoms with van der Waals surface area (Å²) < 4.78 is 14.9. The molecule has 0 unspecified atom stereocenters. The molecule has 0 atom stereocenters. The summed E-state index contributed by atoms with van der Waals surface area (Å²) in [5.41, 5.74) is 1.60. The number of carbonyl (C=O) groups excluding carboxylic acids is 1. The highest BCUT2D eigenvalue weighted by Crippen LogP contribution is 2.20. The summed E-state index contributed by atoms with van der Waals surface area (Å²) in [5.74, 6) is -0.497. The van der Waals surface area contributed by atoms with Gasteiger partial charge in [0.1, 0.15) is 5.82 Å². The van der Waals surface area contributed by atoms with Gasteiger partial charge in [0.05, 0.1) is 16.8 Å². The third kappa shape index (κ3) is 1.11. The van der Waals surface area contributed by atoms with Gasteiger partial charge in [-0.05, 0) is 19.1 Å². The fraction of sp³-hybridized carbons (Fsp3) is 0.200. The van der Waals surface area contributed by atoms with Crippen LogP contribution in [0.15, 0.2) is 12.1 Å². The maximum absolute atomic E-state index is 13.2. The van der Waals surface area contributed by atoms with Gasteiger partial charge in [0.2, 0.25) is 0 Å².